The number of pyridine rings is 1. The van der Waals surface area contributed by atoms with Crippen LogP contribution in [0.15, 0.2) is 30.5 Å². The fraction of sp³-hybridized carbons (Fsp3) is 0.560. The smallest absolute Gasteiger partial charge is 0.264 e. The lowest BCUT2D eigenvalue weighted by Crippen LogP contribution is -2.44. The molecule has 0 saturated carbocycles. The summed E-state index contributed by atoms with van der Waals surface area (Å²) in [5.74, 6) is 1.97. The van der Waals surface area contributed by atoms with Crippen molar-refractivity contribution in [2.45, 2.75) is 65.1 Å². The Kier molecular flexibility index (Phi) is 9.56. The Morgan fingerprint density at radius 3 is 2.32 bits per heavy atom. The lowest BCUT2D eigenvalue weighted by Gasteiger charge is -2.36. The molecule has 0 unspecified atom stereocenters. The van der Waals surface area contributed by atoms with Gasteiger partial charge in [-0.05, 0) is 61.2 Å². The molecule has 0 atom stereocenters. The highest BCUT2D eigenvalue weighted by Gasteiger charge is 2.39. The molecule has 7 nitrogen and oxygen atoms in total. The molecule has 0 N–H and O–H groups in total. The molecule has 0 aliphatic carbocycles. The van der Waals surface area contributed by atoms with Gasteiger partial charge < -0.3 is 13.9 Å². The molecule has 2 aromatic rings. The summed E-state index contributed by atoms with van der Waals surface area (Å²) in [7, 11) is -3.96. The van der Waals surface area contributed by atoms with Gasteiger partial charge in [0.25, 0.3) is 18.4 Å². The van der Waals surface area contributed by atoms with E-state index in [0.29, 0.717) is 36.8 Å². The van der Waals surface area contributed by atoms with Crippen LogP contribution in [0.1, 0.15) is 46.1 Å². The van der Waals surface area contributed by atoms with Crippen molar-refractivity contribution in [1.82, 2.24) is 4.98 Å². The van der Waals surface area contributed by atoms with Gasteiger partial charge in [-0.3, -0.25) is 4.18 Å². The van der Waals surface area contributed by atoms with E-state index < -0.39 is 18.4 Å². The van der Waals surface area contributed by atoms with E-state index in [1.54, 1.807) is 7.11 Å². The number of nitrogens with zero attached hydrogens (tertiary/aromatic N) is 1. The Hall–Kier alpha value is -2.10. The number of benzene rings is 1. The highest BCUT2D eigenvalue weighted by molar-refractivity contribution is 7.85. The predicted molar refractivity (Wildman–Crippen MR) is 139 cm³/mol. The maximum Gasteiger partial charge on any atom is 0.264 e. The Morgan fingerprint density at radius 2 is 1.74 bits per heavy atom. The number of rotatable bonds is 12. The first-order valence-electron chi connectivity index (χ1n) is 11.6. The van der Waals surface area contributed by atoms with Gasteiger partial charge in [-0.1, -0.05) is 33.8 Å². The summed E-state index contributed by atoms with van der Waals surface area (Å²) in [6.07, 6.45) is 4.87. The molecule has 34 heavy (non-hydrogen) atoms. The molecule has 0 fully saturated rings. The van der Waals surface area contributed by atoms with Crippen LogP contribution in [0, 0.1) is 0 Å². The minimum Gasteiger partial charge on any atom is -0.530 e. The molecular formula is C25H39NO6SSi. The van der Waals surface area contributed by atoms with E-state index in [2.05, 4.69) is 46.9 Å². The topological polar surface area (TPSA) is 84.0 Å². The summed E-state index contributed by atoms with van der Waals surface area (Å²) >= 11 is 0. The molecule has 0 spiro atoms. The van der Waals surface area contributed by atoms with Crippen LogP contribution in [-0.2, 0) is 20.7 Å². The Bertz CT molecular complexity index is 1060. The first-order valence-corrected chi connectivity index (χ1v) is 16.3. The van der Waals surface area contributed by atoms with Crippen molar-refractivity contribution in [2.24, 2.45) is 0 Å². The average Bonchev–Trinajstić information content (AvgIpc) is 2.74. The normalized spacial score (nSPS) is 12.5. The maximum absolute atomic E-state index is 11.3. The van der Waals surface area contributed by atoms with Crippen LogP contribution in [-0.4, -0.2) is 48.3 Å². The molecule has 190 valence electrons. The lowest BCUT2D eigenvalue weighted by molar-refractivity contribution is 0.294. The van der Waals surface area contributed by atoms with Gasteiger partial charge in [0.15, 0.2) is 11.5 Å². The number of hydrogen-bond donors (Lipinski definition) is 0. The third kappa shape index (κ3) is 7.99. The van der Waals surface area contributed by atoms with Crippen LogP contribution in [0.2, 0.25) is 18.1 Å². The van der Waals surface area contributed by atoms with Crippen LogP contribution in [0.4, 0.5) is 0 Å². The number of aromatic nitrogens is 1. The van der Waals surface area contributed by atoms with E-state index in [0.717, 1.165) is 29.4 Å². The van der Waals surface area contributed by atoms with Crippen LogP contribution in [0.3, 0.4) is 0 Å². The molecule has 0 amide bonds. The van der Waals surface area contributed by atoms with Gasteiger partial charge in [0.2, 0.25) is 5.88 Å². The zero-order valence-electron chi connectivity index (χ0n) is 21.7. The van der Waals surface area contributed by atoms with Crippen LogP contribution >= 0.6 is 0 Å². The second-order valence-electron chi connectivity index (χ2n) is 9.89. The minimum absolute atomic E-state index is 0.0194. The lowest BCUT2D eigenvalue weighted by atomic mass is 10.0. The first kappa shape index (κ1) is 28.1. The Labute approximate surface area is 206 Å². The SMILES string of the molecule is CCCOc1cc(-c2cnc(O[Si](C)(C)C(C)(C)C)c(CCCOS(C)(=O)=O)c2)ccc1OC. The molecule has 0 bridgehead atoms. The van der Waals surface area contributed by atoms with Crippen molar-refractivity contribution in [3.05, 3.63) is 36.0 Å². The molecule has 1 heterocycles. The summed E-state index contributed by atoms with van der Waals surface area (Å²) in [5, 5.41) is 0.0194. The van der Waals surface area contributed by atoms with Crippen LogP contribution < -0.4 is 13.9 Å². The second kappa shape index (κ2) is 11.6. The number of methoxy groups -OCH3 is 1. The fourth-order valence-electron chi connectivity index (χ4n) is 2.98. The summed E-state index contributed by atoms with van der Waals surface area (Å²) in [6.45, 7) is 13.7. The first-order chi connectivity index (χ1) is 15.8. The van der Waals surface area contributed by atoms with Gasteiger partial charge in [-0.25, -0.2) is 4.98 Å². The molecule has 0 aliphatic rings. The number of aryl methyl sites for hydroxylation is 1. The summed E-state index contributed by atoms with van der Waals surface area (Å²) < 4.78 is 45.4. The van der Waals surface area contributed by atoms with E-state index in [-0.39, 0.29) is 11.6 Å². The van der Waals surface area contributed by atoms with Crippen LogP contribution in [0.5, 0.6) is 17.4 Å². The van der Waals surface area contributed by atoms with Gasteiger partial charge in [0.05, 0.1) is 26.6 Å². The molecule has 2 rings (SSSR count). The summed E-state index contributed by atoms with van der Waals surface area (Å²) in [4.78, 5) is 4.70. The zero-order valence-corrected chi connectivity index (χ0v) is 23.5. The van der Waals surface area contributed by atoms with Crippen molar-refractivity contribution >= 4 is 18.4 Å². The summed E-state index contributed by atoms with van der Waals surface area (Å²) in [6, 6.07) is 7.87. The minimum atomic E-state index is -3.47. The average molecular weight is 510 g/mol. The summed E-state index contributed by atoms with van der Waals surface area (Å²) in [5.41, 5.74) is 2.80. The second-order valence-corrected chi connectivity index (χ2v) is 16.3. The fourth-order valence-corrected chi connectivity index (χ4v) is 4.37. The molecule has 1 aromatic carbocycles. The van der Waals surface area contributed by atoms with Crippen molar-refractivity contribution in [3.8, 4) is 28.5 Å². The predicted octanol–water partition coefficient (Wildman–Crippen LogP) is 5.84. The van der Waals surface area contributed by atoms with Crippen molar-refractivity contribution in [1.29, 1.82) is 0 Å². The third-order valence-electron chi connectivity index (χ3n) is 5.93. The third-order valence-corrected chi connectivity index (χ3v) is 10.8. The van der Waals surface area contributed by atoms with Gasteiger partial charge in [-0.15, -0.1) is 0 Å². The standard InChI is InChI=1S/C25H39NO6SSi/c1-9-14-30-23-17-19(12-13-22(23)29-5)21-16-20(11-10-15-31-33(6,27)28)24(26-18-21)32-34(7,8)25(2,3)4/h12-13,16-18H,9-11,14-15H2,1-8H3. The molecule has 0 radical (unpaired) electrons. The van der Waals surface area contributed by atoms with E-state index in [1.807, 2.05) is 24.4 Å². The molecule has 0 aliphatic heterocycles. The van der Waals surface area contributed by atoms with Crippen molar-refractivity contribution in [3.63, 3.8) is 0 Å². The molecular weight excluding hydrogens is 470 g/mol. The maximum atomic E-state index is 11.3. The van der Waals surface area contributed by atoms with Gasteiger partial charge in [-0.2, -0.15) is 8.42 Å². The Morgan fingerprint density at radius 1 is 1.03 bits per heavy atom. The van der Waals surface area contributed by atoms with Crippen LogP contribution in [0.25, 0.3) is 11.1 Å². The quantitative estimate of drug-likeness (QED) is 0.202. The van der Waals surface area contributed by atoms with E-state index in [4.69, 9.17) is 23.1 Å². The van der Waals surface area contributed by atoms with Gasteiger partial charge in [0, 0.05) is 17.3 Å². The number of hydrogen-bond acceptors (Lipinski definition) is 7. The van der Waals surface area contributed by atoms with E-state index in [1.165, 1.54) is 0 Å². The van der Waals surface area contributed by atoms with E-state index >= 15 is 0 Å². The van der Waals surface area contributed by atoms with E-state index in [9.17, 15) is 8.42 Å². The van der Waals surface area contributed by atoms with Gasteiger partial charge >= 0.3 is 0 Å². The zero-order chi connectivity index (χ0) is 25.6. The van der Waals surface area contributed by atoms with Gasteiger partial charge in [0.1, 0.15) is 0 Å². The molecule has 0 saturated heterocycles. The van der Waals surface area contributed by atoms with Crippen molar-refractivity contribution in [2.75, 3.05) is 26.6 Å². The van der Waals surface area contributed by atoms with Crippen molar-refractivity contribution < 1.29 is 26.5 Å². The highest BCUT2D eigenvalue weighted by atomic mass is 32.2. The monoisotopic (exact) mass is 509 g/mol. The largest absolute Gasteiger partial charge is 0.530 e. The Balaban J connectivity index is 2.41. The highest BCUT2D eigenvalue weighted by Crippen LogP contribution is 2.39. The molecule has 9 heteroatoms. The number of ether oxygens (including phenoxy) is 2. The molecule has 1 aromatic heterocycles.